The maximum Gasteiger partial charge on any atom is 0.412 e. The Morgan fingerprint density at radius 1 is 1.29 bits per heavy atom. The number of piperidine rings is 1. The fourth-order valence-electron chi connectivity index (χ4n) is 5.09. The molecular formula is C23H32FN3O4. The quantitative estimate of drug-likeness (QED) is 0.771. The average molecular weight is 434 g/mol. The predicted octanol–water partition coefficient (Wildman–Crippen LogP) is 3.32. The van der Waals surface area contributed by atoms with Crippen molar-refractivity contribution in [3.8, 4) is 5.75 Å². The topological polar surface area (TPSA) is 71.1 Å². The summed E-state index contributed by atoms with van der Waals surface area (Å²) in [5, 5.41) is 2.60. The van der Waals surface area contributed by atoms with Crippen molar-refractivity contribution in [2.45, 2.75) is 51.5 Å². The number of likely N-dealkylation sites (tertiary alicyclic amines) is 1. The van der Waals surface area contributed by atoms with Crippen LogP contribution in [-0.4, -0.2) is 62.3 Å². The molecule has 8 heteroatoms. The lowest BCUT2D eigenvalue weighted by Gasteiger charge is -2.41. The molecule has 3 aliphatic rings. The third kappa shape index (κ3) is 4.63. The lowest BCUT2D eigenvalue weighted by Crippen LogP contribution is -2.50. The van der Waals surface area contributed by atoms with Crippen LogP contribution in [0.4, 0.5) is 14.9 Å². The molecule has 1 aromatic rings. The van der Waals surface area contributed by atoms with Gasteiger partial charge in [-0.15, -0.1) is 0 Å². The zero-order valence-electron chi connectivity index (χ0n) is 18.2. The predicted molar refractivity (Wildman–Crippen MR) is 115 cm³/mol. The average Bonchev–Trinajstić information content (AvgIpc) is 3.08. The first kappa shape index (κ1) is 21.9. The molecule has 31 heavy (non-hydrogen) atoms. The Hall–Kier alpha value is -2.35. The summed E-state index contributed by atoms with van der Waals surface area (Å²) in [7, 11) is 0. The van der Waals surface area contributed by atoms with E-state index in [1.807, 2.05) is 16.7 Å². The van der Waals surface area contributed by atoms with Crippen molar-refractivity contribution < 1.29 is 23.5 Å². The molecule has 1 spiro atoms. The van der Waals surface area contributed by atoms with Gasteiger partial charge in [0, 0.05) is 51.5 Å². The SMILES string of the molecule is CCCNC(=O)Oc1ccc(N2CCC[C@@]3(CCN(C4CCOCC4)C3=O)C2)c(F)c1. The van der Waals surface area contributed by atoms with E-state index < -0.39 is 17.3 Å². The summed E-state index contributed by atoms with van der Waals surface area (Å²) in [6, 6.07) is 4.76. The minimum atomic E-state index is -0.587. The normalized spacial score (nSPS) is 24.6. The van der Waals surface area contributed by atoms with E-state index in [0.717, 1.165) is 45.1 Å². The molecule has 2 amide bonds. The zero-order valence-corrected chi connectivity index (χ0v) is 18.2. The molecule has 3 fully saturated rings. The molecule has 1 N–H and O–H groups in total. The van der Waals surface area contributed by atoms with Crippen molar-refractivity contribution in [1.29, 1.82) is 0 Å². The molecular weight excluding hydrogens is 401 g/mol. The van der Waals surface area contributed by atoms with Crippen molar-refractivity contribution in [3.63, 3.8) is 0 Å². The van der Waals surface area contributed by atoms with Crippen molar-refractivity contribution in [1.82, 2.24) is 10.2 Å². The van der Waals surface area contributed by atoms with Gasteiger partial charge in [-0.3, -0.25) is 4.79 Å². The van der Waals surface area contributed by atoms with Gasteiger partial charge in [0.1, 0.15) is 11.6 Å². The number of hydrogen-bond acceptors (Lipinski definition) is 5. The van der Waals surface area contributed by atoms with E-state index >= 15 is 0 Å². The molecule has 170 valence electrons. The Kier molecular flexibility index (Phi) is 6.65. The highest BCUT2D eigenvalue weighted by molar-refractivity contribution is 5.86. The number of ether oxygens (including phenoxy) is 2. The van der Waals surface area contributed by atoms with Gasteiger partial charge in [-0.1, -0.05) is 6.92 Å². The minimum absolute atomic E-state index is 0.171. The van der Waals surface area contributed by atoms with Gasteiger partial charge in [0.25, 0.3) is 0 Å². The third-order valence-electron chi connectivity index (χ3n) is 6.74. The Morgan fingerprint density at radius 3 is 2.84 bits per heavy atom. The van der Waals surface area contributed by atoms with E-state index in [1.165, 1.54) is 6.07 Å². The summed E-state index contributed by atoms with van der Waals surface area (Å²) < 4.78 is 25.5. The van der Waals surface area contributed by atoms with Crippen LogP contribution in [0.1, 0.15) is 45.4 Å². The van der Waals surface area contributed by atoms with Gasteiger partial charge in [0.05, 0.1) is 11.1 Å². The van der Waals surface area contributed by atoms with Gasteiger partial charge in [0.15, 0.2) is 0 Å². The van der Waals surface area contributed by atoms with E-state index in [9.17, 15) is 14.0 Å². The first-order valence-corrected chi connectivity index (χ1v) is 11.4. The molecule has 0 unspecified atom stereocenters. The summed E-state index contributed by atoms with van der Waals surface area (Å²) in [5.41, 5.74) is 0.0239. The number of carbonyl (C=O) groups excluding carboxylic acids is 2. The Labute approximate surface area is 182 Å². The summed E-state index contributed by atoms with van der Waals surface area (Å²) in [4.78, 5) is 29.2. The molecule has 7 nitrogen and oxygen atoms in total. The smallest absolute Gasteiger partial charge is 0.410 e. The molecule has 3 aliphatic heterocycles. The van der Waals surface area contributed by atoms with E-state index in [1.54, 1.807) is 12.1 Å². The third-order valence-corrected chi connectivity index (χ3v) is 6.74. The number of hydrogen-bond donors (Lipinski definition) is 1. The number of rotatable bonds is 5. The van der Waals surface area contributed by atoms with Crippen LogP contribution in [0.2, 0.25) is 0 Å². The van der Waals surface area contributed by atoms with Crippen LogP contribution in [0.3, 0.4) is 0 Å². The van der Waals surface area contributed by atoms with Crippen LogP contribution in [0.15, 0.2) is 18.2 Å². The Bertz CT molecular complexity index is 814. The molecule has 3 heterocycles. The van der Waals surface area contributed by atoms with Gasteiger partial charge < -0.3 is 24.6 Å². The summed E-state index contributed by atoms with van der Waals surface area (Å²) in [5.74, 6) is -0.0501. The maximum absolute atomic E-state index is 14.9. The molecule has 0 aliphatic carbocycles. The maximum atomic E-state index is 14.9. The van der Waals surface area contributed by atoms with E-state index in [-0.39, 0.29) is 17.7 Å². The van der Waals surface area contributed by atoms with Gasteiger partial charge in [-0.25, -0.2) is 9.18 Å². The molecule has 3 saturated heterocycles. The first-order valence-electron chi connectivity index (χ1n) is 11.4. The van der Waals surface area contributed by atoms with Crippen molar-refractivity contribution in [2.75, 3.05) is 44.3 Å². The molecule has 0 radical (unpaired) electrons. The van der Waals surface area contributed by atoms with Crippen molar-refractivity contribution >= 4 is 17.7 Å². The monoisotopic (exact) mass is 433 g/mol. The lowest BCUT2D eigenvalue weighted by molar-refractivity contribution is -0.139. The zero-order chi connectivity index (χ0) is 21.8. The second-order valence-electron chi connectivity index (χ2n) is 8.83. The van der Waals surface area contributed by atoms with Gasteiger partial charge in [0.2, 0.25) is 5.91 Å². The number of anilines is 1. The number of amides is 2. The first-order chi connectivity index (χ1) is 15.0. The minimum Gasteiger partial charge on any atom is -0.410 e. The fourth-order valence-corrected chi connectivity index (χ4v) is 5.09. The van der Waals surface area contributed by atoms with Crippen LogP contribution >= 0.6 is 0 Å². The summed E-state index contributed by atoms with van der Waals surface area (Å²) >= 11 is 0. The number of halogens is 1. The van der Waals surface area contributed by atoms with Crippen LogP contribution in [0.25, 0.3) is 0 Å². The lowest BCUT2D eigenvalue weighted by atomic mass is 9.78. The molecule has 1 atom stereocenters. The molecule has 0 aromatic heterocycles. The number of carbonyl (C=O) groups is 2. The summed E-state index contributed by atoms with van der Waals surface area (Å²) in [6.07, 6.45) is 4.52. The van der Waals surface area contributed by atoms with E-state index in [2.05, 4.69) is 5.32 Å². The van der Waals surface area contributed by atoms with Crippen molar-refractivity contribution in [2.24, 2.45) is 5.41 Å². The standard InChI is InChI=1S/C23H32FN3O4/c1-2-10-25-22(29)31-18-4-5-20(19(24)15-18)26-11-3-8-23(16-26)9-12-27(21(23)28)17-6-13-30-14-7-17/h4-5,15,17H,2-3,6-14,16H2,1H3,(H,25,29)/t23-/m1/s1. The van der Waals surface area contributed by atoms with Crippen LogP contribution in [0.5, 0.6) is 5.75 Å². The van der Waals surface area contributed by atoms with Gasteiger partial charge in [-0.05, 0) is 50.7 Å². The molecule has 0 bridgehead atoms. The molecule has 4 rings (SSSR count). The largest absolute Gasteiger partial charge is 0.412 e. The van der Waals surface area contributed by atoms with E-state index in [0.29, 0.717) is 38.5 Å². The van der Waals surface area contributed by atoms with Gasteiger partial charge in [-0.2, -0.15) is 0 Å². The number of benzene rings is 1. The highest BCUT2D eigenvalue weighted by Gasteiger charge is 2.50. The van der Waals surface area contributed by atoms with Crippen molar-refractivity contribution in [3.05, 3.63) is 24.0 Å². The van der Waals surface area contributed by atoms with Crippen LogP contribution < -0.4 is 15.0 Å². The van der Waals surface area contributed by atoms with Crippen LogP contribution in [-0.2, 0) is 9.53 Å². The number of nitrogens with one attached hydrogen (secondary N) is 1. The summed E-state index contributed by atoms with van der Waals surface area (Å²) in [6.45, 7) is 5.89. The number of nitrogens with zero attached hydrogens (tertiary/aromatic N) is 2. The molecule has 1 aromatic carbocycles. The van der Waals surface area contributed by atoms with Crippen LogP contribution in [0, 0.1) is 11.2 Å². The molecule has 0 saturated carbocycles. The second-order valence-corrected chi connectivity index (χ2v) is 8.83. The fraction of sp³-hybridized carbons (Fsp3) is 0.652. The second kappa shape index (κ2) is 9.42. The Morgan fingerprint density at radius 2 is 2.10 bits per heavy atom. The highest BCUT2D eigenvalue weighted by atomic mass is 19.1. The van der Waals surface area contributed by atoms with Gasteiger partial charge >= 0.3 is 6.09 Å². The Balaban J connectivity index is 1.44. The van der Waals surface area contributed by atoms with E-state index in [4.69, 9.17) is 9.47 Å². The highest BCUT2D eigenvalue weighted by Crippen LogP contribution is 2.43.